The third-order valence-electron chi connectivity index (χ3n) is 5.47. The van der Waals surface area contributed by atoms with Crippen LogP contribution in [0.15, 0.2) is 30.3 Å². The standard InChI is InChI=1S/C21H24F3N5O/c1-3-29-16-8-9-18(25-14-5-4-10-28(2)12-14)26-19(16)27-20(29)15-7-6-13(11-17(15)30)21(22,23)24/h6-9,11,14,30H,3-5,10,12H2,1-2H3,(H,25,26)/t14-/m1/s1. The summed E-state index contributed by atoms with van der Waals surface area (Å²) in [5, 5.41) is 13.7. The maximum atomic E-state index is 12.9. The summed E-state index contributed by atoms with van der Waals surface area (Å²) in [4.78, 5) is 11.4. The van der Waals surface area contributed by atoms with E-state index in [1.165, 1.54) is 6.07 Å². The lowest BCUT2D eigenvalue weighted by Crippen LogP contribution is -2.39. The Morgan fingerprint density at radius 3 is 2.67 bits per heavy atom. The van der Waals surface area contributed by atoms with E-state index in [9.17, 15) is 18.3 Å². The van der Waals surface area contributed by atoms with E-state index in [0.29, 0.717) is 29.9 Å². The zero-order valence-corrected chi connectivity index (χ0v) is 16.9. The van der Waals surface area contributed by atoms with Gasteiger partial charge in [0.25, 0.3) is 0 Å². The van der Waals surface area contributed by atoms with Crippen molar-refractivity contribution in [3.63, 3.8) is 0 Å². The molecule has 1 atom stereocenters. The average Bonchev–Trinajstić information content (AvgIpc) is 3.04. The smallest absolute Gasteiger partial charge is 0.416 e. The Morgan fingerprint density at radius 2 is 2.00 bits per heavy atom. The molecule has 0 spiro atoms. The number of aromatic nitrogens is 3. The number of likely N-dealkylation sites (tertiary alicyclic amines) is 1. The molecular weight excluding hydrogens is 395 g/mol. The Kier molecular flexibility index (Phi) is 5.31. The number of nitrogens with one attached hydrogen (secondary N) is 1. The van der Waals surface area contributed by atoms with Crippen molar-refractivity contribution in [3.05, 3.63) is 35.9 Å². The van der Waals surface area contributed by atoms with E-state index in [0.717, 1.165) is 43.6 Å². The zero-order valence-electron chi connectivity index (χ0n) is 16.9. The molecule has 1 fully saturated rings. The molecule has 2 N–H and O–H groups in total. The first-order valence-electron chi connectivity index (χ1n) is 9.99. The highest BCUT2D eigenvalue weighted by atomic mass is 19.4. The van der Waals surface area contributed by atoms with E-state index in [4.69, 9.17) is 0 Å². The first kappa shape index (κ1) is 20.5. The molecule has 30 heavy (non-hydrogen) atoms. The number of phenolic OH excluding ortho intramolecular Hbond substituents is 1. The number of benzene rings is 1. The normalized spacial score (nSPS) is 18.1. The molecular formula is C21H24F3N5O. The highest BCUT2D eigenvalue weighted by Gasteiger charge is 2.31. The van der Waals surface area contributed by atoms with Crippen LogP contribution in [0, 0.1) is 0 Å². The van der Waals surface area contributed by atoms with Gasteiger partial charge in [0, 0.05) is 19.1 Å². The van der Waals surface area contributed by atoms with Crippen molar-refractivity contribution in [2.24, 2.45) is 0 Å². The van der Waals surface area contributed by atoms with E-state index in [2.05, 4.69) is 27.2 Å². The number of nitrogens with zero attached hydrogens (tertiary/aromatic N) is 4. The van der Waals surface area contributed by atoms with E-state index in [1.807, 2.05) is 23.6 Å². The van der Waals surface area contributed by atoms with Crippen molar-refractivity contribution < 1.29 is 18.3 Å². The number of pyridine rings is 1. The van der Waals surface area contributed by atoms with Gasteiger partial charge in [0.1, 0.15) is 17.4 Å². The van der Waals surface area contributed by atoms with Gasteiger partial charge in [0.05, 0.1) is 16.6 Å². The van der Waals surface area contributed by atoms with Crippen molar-refractivity contribution in [1.82, 2.24) is 19.4 Å². The fourth-order valence-corrected chi connectivity index (χ4v) is 4.01. The number of piperidine rings is 1. The van der Waals surface area contributed by atoms with E-state index >= 15 is 0 Å². The van der Waals surface area contributed by atoms with Crippen LogP contribution in [0.25, 0.3) is 22.6 Å². The highest BCUT2D eigenvalue weighted by molar-refractivity contribution is 5.80. The topological polar surface area (TPSA) is 66.2 Å². The van der Waals surface area contributed by atoms with Crippen molar-refractivity contribution in [2.45, 2.75) is 38.5 Å². The number of rotatable bonds is 4. The van der Waals surface area contributed by atoms with Crippen LogP contribution in [-0.2, 0) is 12.7 Å². The molecule has 0 radical (unpaired) electrons. The number of aromatic hydroxyl groups is 1. The molecule has 9 heteroatoms. The van der Waals surface area contributed by atoms with E-state index in [1.54, 1.807) is 0 Å². The number of halogens is 3. The summed E-state index contributed by atoms with van der Waals surface area (Å²) in [6.45, 7) is 4.48. The minimum atomic E-state index is -4.52. The van der Waals surface area contributed by atoms with Gasteiger partial charge in [-0.25, -0.2) is 9.97 Å². The van der Waals surface area contributed by atoms with Crippen LogP contribution in [0.3, 0.4) is 0 Å². The molecule has 1 aliphatic rings. The van der Waals surface area contributed by atoms with Gasteiger partial charge in [0.15, 0.2) is 5.65 Å². The Morgan fingerprint density at radius 1 is 1.20 bits per heavy atom. The molecule has 1 aliphatic heterocycles. The molecule has 3 heterocycles. The van der Waals surface area contributed by atoms with E-state index < -0.39 is 17.5 Å². The summed E-state index contributed by atoms with van der Waals surface area (Å²) in [5.41, 5.74) is 0.592. The fraction of sp³-hybridized carbons (Fsp3) is 0.429. The van der Waals surface area contributed by atoms with Crippen LogP contribution in [-0.4, -0.2) is 50.7 Å². The Balaban J connectivity index is 1.69. The van der Waals surface area contributed by atoms with Crippen LogP contribution in [0.2, 0.25) is 0 Å². The second-order valence-electron chi connectivity index (χ2n) is 7.69. The van der Waals surface area contributed by atoms with Crippen LogP contribution < -0.4 is 5.32 Å². The SMILES string of the molecule is CCn1c(-c2ccc(C(F)(F)F)cc2O)nc2nc(N[C@@H]3CCCN(C)C3)ccc21. The van der Waals surface area contributed by atoms with Gasteiger partial charge in [-0.3, -0.25) is 0 Å². The predicted molar refractivity (Wildman–Crippen MR) is 109 cm³/mol. The lowest BCUT2D eigenvalue weighted by Gasteiger charge is -2.30. The minimum absolute atomic E-state index is 0.242. The maximum Gasteiger partial charge on any atom is 0.416 e. The van der Waals surface area contributed by atoms with Gasteiger partial charge >= 0.3 is 6.18 Å². The molecule has 0 unspecified atom stereocenters. The van der Waals surface area contributed by atoms with Crippen molar-refractivity contribution in [3.8, 4) is 17.1 Å². The molecule has 4 rings (SSSR count). The number of alkyl halides is 3. The van der Waals surface area contributed by atoms with Crippen LogP contribution in [0.5, 0.6) is 5.75 Å². The quantitative estimate of drug-likeness (QED) is 0.658. The van der Waals surface area contributed by atoms with Gasteiger partial charge in [0.2, 0.25) is 0 Å². The van der Waals surface area contributed by atoms with Crippen molar-refractivity contribution >= 4 is 17.0 Å². The molecule has 0 bridgehead atoms. The molecule has 0 amide bonds. The van der Waals surface area contributed by atoms with Gasteiger partial charge in [-0.05, 0) is 63.7 Å². The zero-order chi connectivity index (χ0) is 21.5. The molecule has 1 aromatic carbocycles. The molecule has 0 saturated carbocycles. The number of fused-ring (bicyclic) bond motifs is 1. The second kappa shape index (κ2) is 7.79. The van der Waals surface area contributed by atoms with Gasteiger partial charge in [-0.2, -0.15) is 13.2 Å². The number of phenols is 1. The summed E-state index contributed by atoms with van der Waals surface area (Å²) >= 11 is 0. The summed E-state index contributed by atoms with van der Waals surface area (Å²) in [6, 6.07) is 7.03. The van der Waals surface area contributed by atoms with Gasteiger partial charge in [-0.1, -0.05) is 0 Å². The Labute approximate surface area is 172 Å². The summed E-state index contributed by atoms with van der Waals surface area (Å²) < 4.78 is 40.6. The summed E-state index contributed by atoms with van der Waals surface area (Å²) in [5.74, 6) is 0.644. The largest absolute Gasteiger partial charge is 0.507 e. The molecule has 1 saturated heterocycles. The van der Waals surface area contributed by atoms with Crippen LogP contribution in [0.1, 0.15) is 25.3 Å². The number of imidazole rings is 1. The number of likely N-dealkylation sites (N-methyl/N-ethyl adjacent to an activating group) is 1. The maximum absolute atomic E-state index is 12.9. The monoisotopic (exact) mass is 419 g/mol. The Bertz CT molecular complexity index is 1060. The van der Waals surface area contributed by atoms with Gasteiger partial charge < -0.3 is 19.9 Å². The van der Waals surface area contributed by atoms with Crippen molar-refractivity contribution in [2.75, 3.05) is 25.5 Å². The van der Waals surface area contributed by atoms with E-state index in [-0.39, 0.29) is 5.56 Å². The molecule has 2 aromatic heterocycles. The Hall–Kier alpha value is -2.81. The third-order valence-corrected chi connectivity index (χ3v) is 5.47. The molecule has 3 aromatic rings. The lowest BCUT2D eigenvalue weighted by molar-refractivity contribution is -0.137. The first-order chi connectivity index (χ1) is 14.3. The number of hydrogen-bond donors (Lipinski definition) is 2. The summed E-state index contributed by atoms with van der Waals surface area (Å²) in [7, 11) is 2.09. The molecule has 160 valence electrons. The third kappa shape index (κ3) is 3.94. The van der Waals surface area contributed by atoms with Crippen LogP contribution >= 0.6 is 0 Å². The lowest BCUT2D eigenvalue weighted by atomic mass is 10.1. The molecule has 6 nitrogen and oxygen atoms in total. The molecule has 0 aliphatic carbocycles. The highest BCUT2D eigenvalue weighted by Crippen LogP contribution is 2.37. The number of anilines is 1. The fourth-order valence-electron chi connectivity index (χ4n) is 4.01. The average molecular weight is 419 g/mol. The van der Waals surface area contributed by atoms with Gasteiger partial charge in [-0.15, -0.1) is 0 Å². The van der Waals surface area contributed by atoms with Crippen molar-refractivity contribution in [1.29, 1.82) is 0 Å². The predicted octanol–water partition coefficient (Wildman–Crippen LogP) is 4.35. The van der Waals surface area contributed by atoms with Crippen LogP contribution in [0.4, 0.5) is 19.0 Å². The first-order valence-corrected chi connectivity index (χ1v) is 9.99. The number of hydrogen-bond acceptors (Lipinski definition) is 5. The summed E-state index contributed by atoms with van der Waals surface area (Å²) in [6.07, 6.45) is -2.33. The minimum Gasteiger partial charge on any atom is -0.507 e. The second-order valence-corrected chi connectivity index (χ2v) is 7.69. The number of aryl methyl sites for hydroxylation is 1.